The molecule has 2 aromatic rings. The van der Waals surface area contributed by atoms with Crippen LogP contribution in [-0.2, 0) is 22.6 Å². The van der Waals surface area contributed by atoms with Gasteiger partial charge < -0.3 is 36.3 Å². The summed E-state index contributed by atoms with van der Waals surface area (Å²) in [6.07, 6.45) is 0.822. The molecule has 0 saturated heterocycles. The van der Waals surface area contributed by atoms with E-state index in [1.807, 2.05) is 14.1 Å². The minimum atomic E-state index is -0.821. The Hall–Kier alpha value is -3.45. The number of nitrogens with one attached hydrogen (secondary N) is 2. The second-order valence-corrected chi connectivity index (χ2v) is 11.0. The van der Waals surface area contributed by atoms with Gasteiger partial charge >= 0.3 is 0 Å². The van der Waals surface area contributed by atoms with E-state index >= 15 is 0 Å². The minimum absolute atomic E-state index is 0. The van der Waals surface area contributed by atoms with Gasteiger partial charge in [-0.15, -0.1) is 0 Å². The first-order chi connectivity index (χ1) is 19.9. The molecule has 244 valence electrons. The van der Waals surface area contributed by atoms with Gasteiger partial charge in [0.2, 0.25) is 0 Å². The van der Waals surface area contributed by atoms with E-state index in [0.717, 1.165) is 6.07 Å². The van der Waals surface area contributed by atoms with Gasteiger partial charge in [0.05, 0.1) is 24.3 Å². The molecule has 0 bridgehead atoms. The fourth-order valence-electron chi connectivity index (χ4n) is 5.51. The Morgan fingerprint density at radius 2 is 1.70 bits per heavy atom. The Bertz CT molecular complexity index is 1250. The number of aliphatic hydroxyl groups is 2. The Kier molecular flexibility index (Phi) is 15.4. The second-order valence-electron chi connectivity index (χ2n) is 11.0. The smallest absolute Gasteiger partial charge is 0.167 e. The van der Waals surface area contributed by atoms with Crippen LogP contribution in [-0.4, -0.2) is 79.5 Å². The van der Waals surface area contributed by atoms with E-state index in [1.54, 1.807) is 25.1 Å². The molecule has 0 heterocycles. The molecule has 0 aliphatic heterocycles. The van der Waals surface area contributed by atoms with Gasteiger partial charge in [-0.1, -0.05) is 0 Å². The summed E-state index contributed by atoms with van der Waals surface area (Å²) in [6.45, 7) is 0.658. The zero-order valence-corrected chi connectivity index (χ0v) is 25.5. The van der Waals surface area contributed by atoms with Crippen LogP contribution in [0.5, 0.6) is 5.75 Å². The summed E-state index contributed by atoms with van der Waals surface area (Å²) in [5.74, 6) is -4.12. The molecule has 0 spiro atoms. The van der Waals surface area contributed by atoms with Crippen molar-refractivity contribution in [1.82, 2.24) is 5.32 Å². The third-order valence-corrected chi connectivity index (χ3v) is 7.26. The molecule has 0 aromatic heterocycles. The number of Topliss-reactive ketones (excluding diaryl/α,β-unsaturated/α-hetero) is 3. The van der Waals surface area contributed by atoms with Crippen molar-refractivity contribution in [3.05, 3.63) is 52.6 Å². The van der Waals surface area contributed by atoms with Crippen molar-refractivity contribution in [3.8, 4) is 5.75 Å². The largest absolute Gasteiger partial charge is 0.505 e. The number of carbonyl (C=O) groups is 3. The normalized spacial score (nSPS) is 15.3. The van der Waals surface area contributed by atoms with Crippen molar-refractivity contribution in [1.29, 1.82) is 0 Å². The highest BCUT2D eigenvalue weighted by Gasteiger charge is 2.36. The van der Waals surface area contributed by atoms with Gasteiger partial charge in [-0.3, -0.25) is 14.4 Å². The van der Waals surface area contributed by atoms with Gasteiger partial charge in [-0.25, -0.2) is 8.78 Å². The van der Waals surface area contributed by atoms with E-state index in [0.29, 0.717) is 29.7 Å². The quantitative estimate of drug-likeness (QED) is 0.168. The molecule has 0 amide bonds. The number of aliphatic hydroxyl groups excluding tert-OH is 2. The molecule has 0 fully saturated rings. The highest BCUT2D eigenvalue weighted by Crippen LogP contribution is 2.44. The molecule has 3 atom stereocenters. The molecule has 1 aliphatic carbocycles. The lowest BCUT2D eigenvalue weighted by Crippen LogP contribution is -2.33. The molecular formula is C31H49F2N3O7. The SMILES string of the molecule is CC(=O)CC(=O)C(CO)C(CCO)CC1CC(=O)c2c(O)c(NCc3cc(F)cc(F)c3)cc(N(C)C)c2C1.CNC.O.[HH].[HH]. The summed E-state index contributed by atoms with van der Waals surface area (Å²) in [4.78, 5) is 39.2. The minimum Gasteiger partial charge on any atom is -0.505 e. The van der Waals surface area contributed by atoms with E-state index in [1.165, 1.54) is 19.1 Å². The third-order valence-electron chi connectivity index (χ3n) is 7.26. The first-order valence-electron chi connectivity index (χ1n) is 14.0. The number of carbonyl (C=O) groups excluding carboxylic acids is 3. The van der Waals surface area contributed by atoms with Gasteiger partial charge in [0.25, 0.3) is 0 Å². The van der Waals surface area contributed by atoms with E-state index in [2.05, 4.69) is 10.6 Å². The Labute approximate surface area is 254 Å². The lowest BCUT2D eigenvalue weighted by Gasteiger charge is -2.33. The van der Waals surface area contributed by atoms with Crippen LogP contribution in [0, 0.1) is 29.4 Å². The maximum Gasteiger partial charge on any atom is 0.167 e. The van der Waals surface area contributed by atoms with E-state index in [4.69, 9.17) is 0 Å². The average Bonchev–Trinajstić information content (AvgIpc) is 2.88. The van der Waals surface area contributed by atoms with E-state index < -0.39 is 30.1 Å². The second kappa shape index (κ2) is 17.6. The van der Waals surface area contributed by atoms with Crippen LogP contribution >= 0.6 is 0 Å². The number of nitrogens with zero attached hydrogens (tertiary/aromatic N) is 1. The molecule has 7 N–H and O–H groups in total. The van der Waals surface area contributed by atoms with Crippen LogP contribution in [0.1, 0.15) is 56.9 Å². The monoisotopic (exact) mass is 613 g/mol. The van der Waals surface area contributed by atoms with Gasteiger partial charge in [0.15, 0.2) is 5.78 Å². The van der Waals surface area contributed by atoms with Gasteiger partial charge in [-0.2, -0.15) is 0 Å². The summed E-state index contributed by atoms with van der Waals surface area (Å²) < 4.78 is 27.2. The zero-order chi connectivity index (χ0) is 31.6. The van der Waals surface area contributed by atoms with Crippen molar-refractivity contribution >= 4 is 28.7 Å². The Balaban J connectivity index is 0. The summed E-state index contributed by atoms with van der Waals surface area (Å²) in [7, 11) is 7.34. The van der Waals surface area contributed by atoms with Crippen LogP contribution < -0.4 is 15.5 Å². The highest BCUT2D eigenvalue weighted by molar-refractivity contribution is 6.04. The fraction of sp³-hybridized carbons (Fsp3) is 0.516. The number of ketones is 3. The summed E-state index contributed by atoms with van der Waals surface area (Å²) >= 11 is 0. The molecule has 3 rings (SSSR count). The maximum atomic E-state index is 13.6. The number of aromatic hydroxyl groups is 1. The number of phenolic OH excluding ortho intramolecular Hbond substituents is 1. The molecule has 10 nitrogen and oxygen atoms in total. The topological polar surface area (TPSA) is 171 Å². The zero-order valence-electron chi connectivity index (χ0n) is 25.5. The molecule has 12 heteroatoms. The summed E-state index contributed by atoms with van der Waals surface area (Å²) in [5.41, 5.74) is 2.08. The van der Waals surface area contributed by atoms with Gasteiger partial charge in [0.1, 0.15) is 29.0 Å². The standard InChI is InChI=1S/C29H36F2N2O6.C2H7N.H2O.2H2/c1-16(36)6-26(37)23(15-35)19(4-5-34)7-17-10-22-25(33(2)3)13-24(29(39)28(22)27(38)11-17)32-14-18-8-20(30)12-21(31)9-18;1-3-2;;;/h8-9,12-13,17,19,23,32,34-35,39H,4-7,10-11,14-15H2,1-3H3;3H,1-2H3;1H2;2*1H. The molecule has 3 unspecified atom stereocenters. The van der Waals surface area contributed by atoms with Gasteiger partial charge in [-0.05, 0) is 81.4 Å². The van der Waals surface area contributed by atoms with Crippen LogP contribution in [0.3, 0.4) is 0 Å². The van der Waals surface area contributed by atoms with E-state index in [-0.39, 0.29) is 81.0 Å². The highest BCUT2D eigenvalue weighted by atomic mass is 19.1. The van der Waals surface area contributed by atoms with Crippen LogP contribution in [0.15, 0.2) is 24.3 Å². The number of phenols is 1. The lowest BCUT2D eigenvalue weighted by atomic mass is 9.73. The third kappa shape index (κ3) is 10.3. The number of hydrogen-bond donors (Lipinski definition) is 5. The first kappa shape index (κ1) is 37.6. The molecule has 2 aromatic carbocycles. The lowest BCUT2D eigenvalue weighted by molar-refractivity contribution is -0.131. The van der Waals surface area contributed by atoms with Crippen molar-refractivity contribution in [2.75, 3.05) is 51.6 Å². The predicted octanol–water partition coefficient (Wildman–Crippen LogP) is 3.14. The van der Waals surface area contributed by atoms with Crippen molar-refractivity contribution < 1.29 is 46.8 Å². The maximum absolute atomic E-state index is 13.6. The number of halogens is 2. The summed E-state index contributed by atoms with van der Waals surface area (Å²) in [6, 6.07) is 4.80. The number of fused-ring (bicyclic) bond motifs is 1. The molecule has 0 radical (unpaired) electrons. The molecular weight excluding hydrogens is 564 g/mol. The predicted molar refractivity (Wildman–Crippen MR) is 166 cm³/mol. The number of benzene rings is 2. The van der Waals surface area contributed by atoms with Crippen molar-refractivity contribution in [2.24, 2.45) is 17.8 Å². The first-order valence-corrected chi connectivity index (χ1v) is 14.0. The molecule has 1 aliphatic rings. The van der Waals surface area contributed by atoms with Gasteiger partial charge in [0, 0.05) is 54.2 Å². The molecule has 0 saturated carbocycles. The fourth-order valence-corrected chi connectivity index (χ4v) is 5.51. The Morgan fingerprint density at radius 1 is 1.09 bits per heavy atom. The average molecular weight is 614 g/mol. The molecule has 43 heavy (non-hydrogen) atoms. The Morgan fingerprint density at radius 3 is 2.21 bits per heavy atom. The van der Waals surface area contributed by atoms with Crippen molar-refractivity contribution in [3.63, 3.8) is 0 Å². The number of rotatable bonds is 13. The van der Waals surface area contributed by atoms with Crippen LogP contribution in [0.25, 0.3) is 0 Å². The number of anilines is 2. The number of hydrogen-bond acceptors (Lipinski definition) is 9. The van der Waals surface area contributed by atoms with E-state index in [9.17, 15) is 38.5 Å². The van der Waals surface area contributed by atoms with Crippen LogP contribution in [0.4, 0.5) is 20.2 Å². The van der Waals surface area contributed by atoms with Crippen molar-refractivity contribution in [2.45, 2.75) is 45.6 Å². The summed E-state index contributed by atoms with van der Waals surface area (Å²) in [5, 5.41) is 36.3. The van der Waals surface area contributed by atoms with Crippen LogP contribution in [0.2, 0.25) is 0 Å².